The van der Waals surface area contributed by atoms with Crippen molar-refractivity contribution in [2.75, 3.05) is 26.2 Å². The third-order valence-corrected chi connectivity index (χ3v) is 6.66. The molecule has 0 atom stereocenters. The Bertz CT molecular complexity index is 723. The van der Waals surface area contributed by atoms with Gasteiger partial charge in [0.2, 0.25) is 15.9 Å². The lowest BCUT2D eigenvalue weighted by Gasteiger charge is -2.35. The summed E-state index contributed by atoms with van der Waals surface area (Å²) in [4.78, 5) is 14.1. The summed E-state index contributed by atoms with van der Waals surface area (Å²) >= 11 is 9.35. The number of benzene rings is 1. The molecule has 24 heavy (non-hydrogen) atoms. The van der Waals surface area contributed by atoms with Crippen LogP contribution in [0, 0.1) is 5.41 Å². The minimum absolute atomic E-state index is 0.0706. The summed E-state index contributed by atoms with van der Waals surface area (Å²) in [5.41, 5.74) is -0.0781. The Morgan fingerprint density at radius 1 is 1.21 bits per heavy atom. The molecule has 0 aromatic heterocycles. The number of rotatable bonds is 3. The monoisotopic (exact) mass is 436 g/mol. The summed E-state index contributed by atoms with van der Waals surface area (Å²) in [6.45, 7) is 7.42. The van der Waals surface area contributed by atoms with E-state index in [9.17, 15) is 13.2 Å². The topological polar surface area (TPSA) is 57.7 Å². The molecular formula is C16H22BrClN2O3S. The Hall–Kier alpha value is -0.630. The second kappa shape index (κ2) is 7.32. The van der Waals surface area contributed by atoms with E-state index in [1.807, 2.05) is 20.8 Å². The largest absolute Gasteiger partial charge is 0.340 e. The second-order valence-electron chi connectivity index (χ2n) is 7.10. The molecule has 1 fully saturated rings. The molecule has 8 heteroatoms. The van der Waals surface area contributed by atoms with Crippen LogP contribution in [0.25, 0.3) is 0 Å². The van der Waals surface area contributed by atoms with Crippen LogP contribution in [0.3, 0.4) is 0 Å². The van der Waals surface area contributed by atoms with Crippen molar-refractivity contribution in [3.8, 4) is 0 Å². The van der Waals surface area contributed by atoms with Crippen LogP contribution >= 0.6 is 27.5 Å². The van der Waals surface area contributed by atoms with Crippen molar-refractivity contribution in [3.05, 3.63) is 27.7 Å². The van der Waals surface area contributed by atoms with Gasteiger partial charge in [0.25, 0.3) is 0 Å². The van der Waals surface area contributed by atoms with Gasteiger partial charge in [-0.25, -0.2) is 8.42 Å². The summed E-state index contributed by atoms with van der Waals surface area (Å²) in [6, 6.07) is 4.72. The van der Waals surface area contributed by atoms with Crippen LogP contribution in [0.1, 0.15) is 27.2 Å². The first-order chi connectivity index (χ1) is 11.0. The maximum atomic E-state index is 12.7. The number of halogens is 2. The quantitative estimate of drug-likeness (QED) is 0.728. The highest BCUT2D eigenvalue weighted by Gasteiger charge is 2.32. The Labute approximate surface area is 157 Å². The molecule has 0 N–H and O–H groups in total. The molecule has 0 radical (unpaired) electrons. The van der Waals surface area contributed by atoms with Gasteiger partial charge in [-0.2, -0.15) is 4.31 Å². The fourth-order valence-electron chi connectivity index (χ4n) is 2.57. The summed E-state index contributed by atoms with van der Waals surface area (Å²) < 4.78 is 27.6. The van der Waals surface area contributed by atoms with Crippen LogP contribution in [0.5, 0.6) is 0 Å². The Morgan fingerprint density at radius 3 is 2.29 bits per heavy atom. The van der Waals surface area contributed by atoms with E-state index in [2.05, 4.69) is 15.9 Å². The zero-order valence-electron chi connectivity index (χ0n) is 14.1. The van der Waals surface area contributed by atoms with Gasteiger partial charge in [0.1, 0.15) is 4.90 Å². The molecule has 1 saturated heterocycles. The first-order valence-electron chi connectivity index (χ1n) is 7.74. The van der Waals surface area contributed by atoms with Crippen LogP contribution in [-0.4, -0.2) is 49.7 Å². The van der Waals surface area contributed by atoms with Crippen LogP contribution in [0.4, 0.5) is 0 Å². The molecule has 1 aliphatic rings. The number of hydrogen-bond acceptors (Lipinski definition) is 3. The van der Waals surface area contributed by atoms with Gasteiger partial charge in [-0.3, -0.25) is 4.79 Å². The van der Waals surface area contributed by atoms with E-state index in [0.29, 0.717) is 19.5 Å². The zero-order chi connectivity index (χ0) is 18.1. The van der Waals surface area contributed by atoms with Crippen LogP contribution in [0.15, 0.2) is 27.6 Å². The summed E-state index contributed by atoms with van der Waals surface area (Å²) in [5, 5.41) is 0.190. The lowest BCUT2D eigenvalue weighted by molar-refractivity contribution is -0.134. The van der Waals surface area contributed by atoms with Crippen molar-refractivity contribution in [2.45, 2.75) is 32.1 Å². The van der Waals surface area contributed by atoms with Gasteiger partial charge in [-0.15, -0.1) is 0 Å². The Balaban J connectivity index is 2.07. The van der Waals surface area contributed by atoms with Gasteiger partial charge in [0, 0.05) is 37.1 Å². The van der Waals surface area contributed by atoms with Gasteiger partial charge in [-0.05, 0) is 23.6 Å². The number of piperazine rings is 1. The standard InChI is InChI=1S/C16H22BrClN2O3S/c1-16(2,3)11-15(21)19-6-8-20(9-7-19)24(22,23)14-5-4-12(17)10-13(14)18/h4-5,10H,6-9,11H2,1-3H3. The van der Waals surface area contributed by atoms with Gasteiger partial charge >= 0.3 is 0 Å². The molecule has 1 heterocycles. The number of nitrogens with zero attached hydrogens (tertiary/aromatic N) is 2. The maximum Gasteiger partial charge on any atom is 0.244 e. The third kappa shape index (κ3) is 4.71. The molecule has 0 bridgehead atoms. The van der Waals surface area contributed by atoms with E-state index >= 15 is 0 Å². The van der Waals surface area contributed by atoms with E-state index in [1.165, 1.54) is 10.4 Å². The van der Waals surface area contributed by atoms with Gasteiger partial charge < -0.3 is 4.90 Å². The average Bonchev–Trinajstić information content (AvgIpc) is 2.45. The second-order valence-corrected chi connectivity index (χ2v) is 10.3. The van der Waals surface area contributed by atoms with Crippen LogP contribution < -0.4 is 0 Å². The van der Waals surface area contributed by atoms with Crippen molar-refractivity contribution in [1.82, 2.24) is 9.21 Å². The number of carbonyl (C=O) groups is 1. The number of amides is 1. The predicted molar refractivity (Wildman–Crippen MR) is 98.6 cm³/mol. The summed E-state index contributed by atoms with van der Waals surface area (Å²) in [6.07, 6.45) is 0.457. The molecule has 1 aromatic carbocycles. The van der Waals surface area contributed by atoms with Gasteiger partial charge in [-0.1, -0.05) is 48.3 Å². The zero-order valence-corrected chi connectivity index (χ0v) is 17.2. The predicted octanol–water partition coefficient (Wildman–Crippen LogP) is 3.37. The number of carbonyl (C=O) groups excluding carboxylic acids is 1. The van der Waals surface area contributed by atoms with Crippen LogP contribution in [-0.2, 0) is 14.8 Å². The molecule has 134 valence electrons. The smallest absolute Gasteiger partial charge is 0.244 e. The van der Waals surface area contributed by atoms with Crippen LogP contribution in [0.2, 0.25) is 5.02 Å². The van der Waals surface area contributed by atoms with Crippen molar-refractivity contribution in [2.24, 2.45) is 5.41 Å². The molecule has 5 nitrogen and oxygen atoms in total. The first kappa shape index (κ1) is 19.7. The summed E-state index contributed by atoms with van der Waals surface area (Å²) in [5.74, 6) is 0.0706. The van der Waals surface area contributed by atoms with Gasteiger partial charge in [0.15, 0.2) is 0 Å². The lowest BCUT2D eigenvalue weighted by atomic mass is 9.91. The van der Waals surface area contributed by atoms with Crippen molar-refractivity contribution in [1.29, 1.82) is 0 Å². The molecular weight excluding hydrogens is 416 g/mol. The fourth-order valence-corrected chi connectivity index (χ4v) is 5.00. The average molecular weight is 438 g/mol. The lowest BCUT2D eigenvalue weighted by Crippen LogP contribution is -2.51. The molecule has 0 unspecified atom stereocenters. The molecule has 1 aliphatic heterocycles. The SMILES string of the molecule is CC(C)(C)CC(=O)N1CCN(S(=O)(=O)c2ccc(Br)cc2Cl)CC1. The Kier molecular flexibility index (Phi) is 6.00. The molecule has 1 amide bonds. The highest BCUT2D eigenvalue weighted by atomic mass is 79.9. The highest BCUT2D eigenvalue weighted by molar-refractivity contribution is 9.10. The van der Waals surface area contributed by atoms with Crippen molar-refractivity contribution in [3.63, 3.8) is 0 Å². The fraction of sp³-hybridized carbons (Fsp3) is 0.562. The van der Waals surface area contributed by atoms with E-state index < -0.39 is 10.0 Å². The van der Waals surface area contributed by atoms with E-state index in [4.69, 9.17) is 11.6 Å². The molecule has 0 spiro atoms. The third-order valence-electron chi connectivity index (χ3n) is 3.78. The van der Waals surface area contributed by atoms with E-state index in [1.54, 1.807) is 17.0 Å². The number of hydrogen-bond donors (Lipinski definition) is 0. The molecule has 1 aromatic rings. The van der Waals surface area contributed by atoms with Gasteiger partial charge in [0.05, 0.1) is 5.02 Å². The van der Waals surface area contributed by atoms with Crippen molar-refractivity contribution < 1.29 is 13.2 Å². The van der Waals surface area contributed by atoms with E-state index in [-0.39, 0.29) is 34.3 Å². The number of sulfonamides is 1. The molecule has 0 saturated carbocycles. The normalized spacial score (nSPS) is 17.1. The minimum atomic E-state index is -3.65. The maximum absolute atomic E-state index is 12.7. The van der Waals surface area contributed by atoms with E-state index in [0.717, 1.165) is 4.47 Å². The van der Waals surface area contributed by atoms with Crippen molar-refractivity contribution >= 4 is 43.5 Å². The highest BCUT2D eigenvalue weighted by Crippen LogP contribution is 2.28. The first-order valence-corrected chi connectivity index (χ1v) is 10.3. The molecule has 0 aliphatic carbocycles. The Morgan fingerprint density at radius 2 is 1.79 bits per heavy atom. The summed E-state index contributed by atoms with van der Waals surface area (Å²) in [7, 11) is -3.65. The minimum Gasteiger partial charge on any atom is -0.340 e. The molecule has 2 rings (SSSR count).